The molecule has 0 radical (unpaired) electrons. The summed E-state index contributed by atoms with van der Waals surface area (Å²) < 4.78 is 0. The van der Waals surface area contributed by atoms with Gasteiger partial charge in [0.25, 0.3) is 0 Å². The van der Waals surface area contributed by atoms with E-state index in [0.29, 0.717) is 5.41 Å². The molecule has 88 valence electrons. The van der Waals surface area contributed by atoms with Crippen LogP contribution in [0.5, 0.6) is 0 Å². The van der Waals surface area contributed by atoms with Crippen molar-refractivity contribution in [3.05, 3.63) is 0 Å². The zero-order valence-corrected chi connectivity index (χ0v) is 11.1. The molecule has 0 aromatic heterocycles. The largest absolute Gasteiger partial charge is 0.120 e. The third-order valence-corrected chi connectivity index (χ3v) is 3.54. The van der Waals surface area contributed by atoms with Crippen LogP contribution in [0.15, 0.2) is 0 Å². The second kappa shape index (κ2) is 7.80. The van der Waals surface area contributed by atoms with E-state index in [0.717, 1.165) is 12.3 Å². The Morgan fingerprint density at radius 2 is 1.87 bits per heavy atom. The van der Waals surface area contributed by atoms with Gasteiger partial charge in [0, 0.05) is 6.42 Å². The quantitative estimate of drug-likeness (QED) is 0.387. The summed E-state index contributed by atoms with van der Waals surface area (Å²) in [6.45, 7) is 9.41. The van der Waals surface area contributed by atoms with E-state index in [9.17, 15) is 0 Å². The molecular formula is C15H28. The second-order valence-electron chi connectivity index (χ2n) is 5.61. The molecule has 0 N–H and O–H groups in total. The van der Waals surface area contributed by atoms with Crippen molar-refractivity contribution in [2.75, 3.05) is 0 Å². The number of hydrogen-bond donors (Lipinski definition) is 0. The highest BCUT2D eigenvalue weighted by atomic mass is 14.2. The molecule has 1 unspecified atom stereocenters. The van der Waals surface area contributed by atoms with Crippen LogP contribution in [0, 0.1) is 23.7 Å². The topological polar surface area (TPSA) is 0 Å². The minimum absolute atomic E-state index is 0.535. The molecule has 0 aromatic rings. The fourth-order valence-electron chi connectivity index (χ4n) is 1.68. The molecule has 0 nitrogen and oxygen atoms in total. The summed E-state index contributed by atoms with van der Waals surface area (Å²) in [5.41, 5.74) is 0.535. The first-order valence-electron chi connectivity index (χ1n) is 6.45. The van der Waals surface area contributed by atoms with Gasteiger partial charge in [0.15, 0.2) is 0 Å². The highest BCUT2D eigenvalue weighted by Gasteiger charge is 2.15. The normalized spacial score (nSPS) is 13.5. The Bertz CT molecular complexity index is 183. The van der Waals surface area contributed by atoms with Gasteiger partial charge in [-0.05, 0) is 24.2 Å². The molecule has 0 saturated carbocycles. The van der Waals surface area contributed by atoms with Gasteiger partial charge < -0.3 is 0 Å². The van der Waals surface area contributed by atoms with E-state index in [-0.39, 0.29) is 0 Å². The van der Waals surface area contributed by atoms with Gasteiger partial charge in [-0.3, -0.25) is 0 Å². The van der Waals surface area contributed by atoms with E-state index < -0.39 is 0 Å². The number of unbranched alkanes of at least 4 members (excludes halogenated alkanes) is 2. The van der Waals surface area contributed by atoms with Crippen LogP contribution < -0.4 is 0 Å². The Hall–Kier alpha value is -0.440. The molecular weight excluding hydrogens is 180 g/mol. The van der Waals surface area contributed by atoms with Gasteiger partial charge in [-0.25, -0.2) is 0 Å². The summed E-state index contributed by atoms with van der Waals surface area (Å²) in [6.07, 6.45) is 14.1. The summed E-state index contributed by atoms with van der Waals surface area (Å²) in [4.78, 5) is 0. The van der Waals surface area contributed by atoms with E-state index in [2.05, 4.69) is 33.6 Å². The number of hydrogen-bond acceptors (Lipinski definition) is 0. The molecule has 0 bridgehead atoms. The lowest BCUT2D eigenvalue weighted by atomic mass is 9.82. The van der Waals surface area contributed by atoms with Crippen LogP contribution in [0.1, 0.15) is 72.6 Å². The second-order valence-corrected chi connectivity index (χ2v) is 5.61. The third kappa shape index (κ3) is 8.55. The van der Waals surface area contributed by atoms with Crippen LogP contribution >= 0.6 is 0 Å². The average molecular weight is 208 g/mol. The maximum Gasteiger partial charge on any atom is 0.00860 e. The van der Waals surface area contributed by atoms with Crippen molar-refractivity contribution in [2.24, 2.45) is 11.3 Å². The number of rotatable bonds is 8. The van der Waals surface area contributed by atoms with E-state index in [1.54, 1.807) is 0 Å². The van der Waals surface area contributed by atoms with Gasteiger partial charge in [0.2, 0.25) is 0 Å². The first kappa shape index (κ1) is 14.6. The molecule has 0 aliphatic heterocycles. The Morgan fingerprint density at radius 1 is 1.20 bits per heavy atom. The van der Waals surface area contributed by atoms with Crippen LogP contribution in [-0.2, 0) is 0 Å². The highest BCUT2D eigenvalue weighted by molar-refractivity contribution is 4.82. The Kier molecular flexibility index (Phi) is 7.57. The monoisotopic (exact) mass is 208 g/mol. The predicted octanol–water partition coefficient (Wildman–Crippen LogP) is 5.03. The van der Waals surface area contributed by atoms with Crippen molar-refractivity contribution < 1.29 is 0 Å². The Morgan fingerprint density at radius 3 is 2.40 bits per heavy atom. The average Bonchev–Trinajstić information content (AvgIpc) is 2.22. The summed E-state index contributed by atoms with van der Waals surface area (Å²) in [5.74, 6) is 3.58. The fraction of sp³-hybridized carbons (Fsp3) is 0.867. The van der Waals surface area contributed by atoms with Gasteiger partial charge in [-0.15, -0.1) is 12.3 Å². The zero-order valence-electron chi connectivity index (χ0n) is 11.1. The summed E-state index contributed by atoms with van der Waals surface area (Å²) in [7, 11) is 0. The van der Waals surface area contributed by atoms with Crippen LogP contribution in [0.4, 0.5) is 0 Å². The van der Waals surface area contributed by atoms with Crippen LogP contribution in [0.3, 0.4) is 0 Å². The fourth-order valence-corrected chi connectivity index (χ4v) is 1.68. The molecule has 0 fully saturated rings. The van der Waals surface area contributed by atoms with Gasteiger partial charge in [0.05, 0.1) is 0 Å². The molecule has 0 aliphatic carbocycles. The van der Waals surface area contributed by atoms with E-state index in [1.807, 2.05) is 0 Å². The van der Waals surface area contributed by atoms with Crippen molar-refractivity contribution in [2.45, 2.75) is 72.6 Å². The molecule has 0 aromatic carbocycles. The lowest BCUT2D eigenvalue weighted by Gasteiger charge is -2.24. The summed E-state index contributed by atoms with van der Waals surface area (Å²) in [5, 5.41) is 0. The molecule has 0 saturated heterocycles. The molecule has 15 heavy (non-hydrogen) atoms. The Balaban J connectivity index is 3.49. The summed E-state index contributed by atoms with van der Waals surface area (Å²) >= 11 is 0. The lowest BCUT2D eigenvalue weighted by molar-refractivity contribution is 0.282. The lowest BCUT2D eigenvalue weighted by Crippen LogP contribution is -2.11. The van der Waals surface area contributed by atoms with Gasteiger partial charge in [-0.1, -0.05) is 53.4 Å². The van der Waals surface area contributed by atoms with Crippen LogP contribution in [-0.4, -0.2) is 0 Å². The molecule has 0 aliphatic rings. The summed E-state index contributed by atoms with van der Waals surface area (Å²) in [6, 6.07) is 0. The SMILES string of the molecule is C#CCCCCC(C)CCC(C)(C)CC. The van der Waals surface area contributed by atoms with Crippen molar-refractivity contribution in [3.63, 3.8) is 0 Å². The molecule has 0 heterocycles. The van der Waals surface area contributed by atoms with Crippen molar-refractivity contribution in [3.8, 4) is 12.3 Å². The van der Waals surface area contributed by atoms with Crippen molar-refractivity contribution in [1.29, 1.82) is 0 Å². The van der Waals surface area contributed by atoms with E-state index in [1.165, 1.54) is 38.5 Å². The predicted molar refractivity (Wildman–Crippen MR) is 69.8 cm³/mol. The third-order valence-electron chi connectivity index (χ3n) is 3.54. The molecule has 0 amide bonds. The van der Waals surface area contributed by atoms with Gasteiger partial charge >= 0.3 is 0 Å². The van der Waals surface area contributed by atoms with Crippen molar-refractivity contribution in [1.82, 2.24) is 0 Å². The highest BCUT2D eigenvalue weighted by Crippen LogP contribution is 2.29. The van der Waals surface area contributed by atoms with E-state index >= 15 is 0 Å². The number of terminal acetylenes is 1. The minimum Gasteiger partial charge on any atom is -0.120 e. The van der Waals surface area contributed by atoms with Gasteiger partial charge in [0.1, 0.15) is 0 Å². The minimum atomic E-state index is 0.535. The Labute approximate surface area is 96.8 Å². The first-order valence-corrected chi connectivity index (χ1v) is 6.45. The van der Waals surface area contributed by atoms with Crippen molar-refractivity contribution >= 4 is 0 Å². The smallest absolute Gasteiger partial charge is 0.00860 e. The standard InChI is InChI=1S/C15H28/c1-6-8-9-10-11-14(3)12-13-15(4,5)7-2/h1,14H,7-13H2,2-5H3. The zero-order chi connectivity index (χ0) is 11.7. The van der Waals surface area contributed by atoms with Crippen LogP contribution in [0.25, 0.3) is 0 Å². The van der Waals surface area contributed by atoms with Crippen LogP contribution in [0.2, 0.25) is 0 Å². The maximum atomic E-state index is 5.23. The van der Waals surface area contributed by atoms with Gasteiger partial charge in [-0.2, -0.15) is 0 Å². The molecule has 0 heteroatoms. The first-order chi connectivity index (χ1) is 7.02. The molecule has 0 rings (SSSR count). The maximum absolute atomic E-state index is 5.23. The van der Waals surface area contributed by atoms with E-state index in [4.69, 9.17) is 6.42 Å². The molecule has 0 spiro atoms. The molecule has 1 atom stereocenters.